The van der Waals surface area contributed by atoms with Crippen LogP contribution in [0.1, 0.15) is 23.4 Å². The molecule has 15 heavy (non-hydrogen) atoms. The Balaban J connectivity index is 3.12. The summed E-state index contributed by atoms with van der Waals surface area (Å²) in [4.78, 5) is 10.8. The third-order valence-electron chi connectivity index (χ3n) is 2.22. The first-order valence-electron chi connectivity index (χ1n) is 4.63. The van der Waals surface area contributed by atoms with E-state index < -0.39 is 11.3 Å². The zero-order valence-corrected chi connectivity index (χ0v) is 9.41. The zero-order chi connectivity index (χ0) is 11.4. The number of alkyl halides is 1. The molecule has 0 saturated heterocycles. The molecule has 3 nitrogen and oxygen atoms in total. The summed E-state index contributed by atoms with van der Waals surface area (Å²) >= 11 is 5.78. The molecule has 4 heteroatoms. The molecule has 0 bridgehead atoms. The first-order valence-corrected chi connectivity index (χ1v) is 5.07. The molecule has 0 radical (unpaired) electrons. The Bertz CT molecular complexity index is 363. The molecule has 0 saturated carbocycles. The number of carboxylic acids is 1. The number of carbonyl (C=O) groups is 1. The first-order chi connectivity index (χ1) is 7.10. The number of halogens is 1. The van der Waals surface area contributed by atoms with Gasteiger partial charge in [-0.1, -0.05) is 13.0 Å². The fourth-order valence-corrected chi connectivity index (χ4v) is 1.61. The molecule has 0 aliphatic heterocycles. The minimum atomic E-state index is -1.03. The van der Waals surface area contributed by atoms with E-state index in [1.54, 1.807) is 19.2 Å². The van der Waals surface area contributed by atoms with Gasteiger partial charge in [0.05, 0.1) is 7.11 Å². The molecule has 1 N–H and O–H groups in total. The van der Waals surface area contributed by atoms with Gasteiger partial charge in [0.2, 0.25) is 0 Å². The maximum absolute atomic E-state index is 10.8. The predicted octanol–water partition coefficient (Wildman–Crippen LogP) is 2.62. The third kappa shape index (κ3) is 2.63. The van der Waals surface area contributed by atoms with Crippen molar-refractivity contribution >= 4 is 17.6 Å². The van der Waals surface area contributed by atoms with E-state index in [0.717, 1.165) is 12.0 Å². The first kappa shape index (κ1) is 11.9. The van der Waals surface area contributed by atoms with Crippen molar-refractivity contribution in [3.05, 3.63) is 29.3 Å². The molecule has 0 spiro atoms. The molecule has 0 amide bonds. The second kappa shape index (κ2) is 5.03. The van der Waals surface area contributed by atoms with Crippen molar-refractivity contribution in [2.45, 2.75) is 18.7 Å². The number of carboxylic acid groups (broad SMARTS) is 1. The van der Waals surface area contributed by atoms with Gasteiger partial charge in [-0.25, -0.2) is 0 Å². The standard InChI is InChI=1S/C11H13ClO3/c1-3-7-6-8(15-2)4-5-9(7)10(12)11(13)14/h4-6,10H,3H2,1-2H3,(H,13,14). The van der Waals surface area contributed by atoms with Crippen LogP contribution in [0.3, 0.4) is 0 Å². The highest BCUT2D eigenvalue weighted by Gasteiger charge is 2.19. The fourth-order valence-electron chi connectivity index (χ4n) is 1.40. The van der Waals surface area contributed by atoms with Crippen molar-refractivity contribution in [3.8, 4) is 5.75 Å². The van der Waals surface area contributed by atoms with Gasteiger partial charge >= 0.3 is 5.97 Å². The van der Waals surface area contributed by atoms with Gasteiger partial charge in [-0.15, -0.1) is 11.6 Å². The second-order valence-electron chi connectivity index (χ2n) is 3.12. The summed E-state index contributed by atoms with van der Waals surface area (Å²) in [6.07, 6.45) is 0.725. The van der Waals surface area contributed by atoms with Crippen molar-refractivity contribution in [2.24, 2.45) is 0 Å². The van der Waals surface area contributed by atoms with Crippen LogP contribution < -0.4 is 4.74 Å². The molecule has 1 rings (SSSR count). The largest absolute Gasteiger partial charge is 0.497 e. The maximum Gasteiger partial charge on any atom is 0.326 e. The number of hydrogen-bond acceptors (Lipinski definition) is 2. The molecular weight excluding hydrogens is 216 g/mol. The van der Waals surface area contributed by atoms with Crippen LogP contribution in [-0.2, 0) is 11.2 Å². The molecule has 82 valence electrons. The van der Waals surface area contributed by atoms with Gasteiger partial charge in [0.15, 0.2) is 5.38 Å². The van der Waals surface area contributed by atoms with Crippen molar-refractivity contribution < 1.29 is 14.6 Å². The summed E-state index contributed by atoms with van der Waals surface area (Å²) in [5, 5.41) is 7.82. The van der Waals surface area contributed by atoms with Crippen molar-refractivity contribution in [3.63, 3.8) is 0 Å². The average molecular weight is 229 g/mol. The lowest BCUT2D eigenvalue weighted by Crippen LogP contribution is -2.07. The molecule has 0 aliphatic carbocycles. The molecule has 0 aromatic heterocycles. The number of methoxy groups -OCH3 is 1. The van der Waals surface area contributed by atoms with E-state index in [4.69, 9.17) is 21.4 Å². The van der Waals surface area contributed by atoms with Gasteiger partial charge in [-0.2, -0.15) is 0 Å². The van der Waals surface area contributed by atoms with Crippen LogP contribution in [0.25, 0.3) is 0 Å². The zero-order valence-electron chi connectivity index (χ0n) is 8.66. The summed E-state index contributed by atoms with van der Waals surface area (Å²) < 4.78 is 5.06. The van der Waals surface area contributed by atoms with Crippen molar-refractivity contribution in [1.82, 2.24) is 0 Å². The lowest BCUT2D eigenvalue weighted by Gasteiger charge is -2.11. The van der Waals surface area contributed by atoms with Crippen LogP contribution in [0.5, 0.6) is 5.75 Å². The maximum atomic E-state index is 10.8. The Morgan fingerprint density at radius 1 is 1.60 bits per heavy atom. The highest BCUT2D eigenvalue weighted by molar-refractivity contribution is 6.29. The normalized spacial score (nSPS) is 12.2. The average Bonchev–Trinajstić information content (AvgIpc) is 2.27. The summed E-state index contributed by atoms with van der Waals surface area (Å²) in [5.41, 5.74) is 1.53. The quantitative estimate of drug-likeness (QED) is 0.806. The van der Waals surface area contributed by atoms with E-state index in [2.05, 4.69) is 0 Å². The van der Waals surface area contributed by atoms with E-state index >= 15 is 0 Å². The summed E-state index contributed by atoms with van der Waals surface area (Å²) in [6.45, 7) is 1.95. The number of ether oxygens (including phenoxy) is 1. The van der Waals surface area contributed by atoms with Gasteiger partial charge in [0, 0.05) is 0 Å². The third-order valence-corrected chi connectivity index (χ3v) is 2.64. The summed E-state index contributed by atoms with van der Waals surface area (Å²) in [7, 11) is 1.57. The van der Waals surface area contributed by atoms with Gasteiger partial charge in [-0.05, 0) is 29.7 Å². The minimum Gasteiger partial charge on any atom is -0.497 e. The van der Waals surface area contributed by atoms with E-state index in [9.17, 15) is 4.79 Å². The van der Waals surface area contributed by atoms with Crippen molar-refractivity contribution in [1.29, 1.82) is 0 Å². The number of aryl methyl sites for hydroxylation is 1. The Morgan fingerprint density at radius 3 is 2.73 bits per heavy atom. The van der Waals surface area contributed by atoms with E-state index in [0.29, 0.717) is 11.3 Å². The molecule has 0 fully saturated rings. The smallest absolute Gasteiger partial charge is 0.326 e. The molecule has 1 unspecified atom stereocenters. The lowest BCUT2D eigenvalue weighted by molar-refractivity contribution is -0.136. The summed E-state index contributed by atoms with van der Waals surface area (Å²) in [6, 6.07) is 5.23. The van der Waals surface area contributed by atoms with Crippen LogP contribution in [-0.4, -0.2) is 18.2 Å². The van der Waals surface area contributed by atoms with Gasteiger partial charge < -0.3 is 9.84 Å². The molecule has 0 aliphatic rings. The van der Waals surface area contributed by atoms with Crippen LogP contribution in [0.2, 0.25) is 0 Å². The molecular formula is C11H13ClO3. The van der Waals surface area contributed by atoms with Crippen molar-refractivity contribution in [2.75, 3.05) is 7.11 Å². The van der Waals surface area contributed by atoms with Crippen LogP contribution in [0, 0.1) is 0 Å². The number of rotatable bonds is 4. The lowest BCUT2D eigenvalue weighted by atomic mass is 10.0. The number of benzene rings is 1. The SMILES string of the molecule is CCc1cc(OC)ccc1C(Cl)C(=O)O. The predicted molar refractivity (Wildman–Crippen MR) is 58.6 cm³/mol. The summed E-state index contributed by atoms with van der Waals surface area (Å²) in [5.74, 6) is -0.318. The van der Waals surface area contributed by atoms with Gasteiger partial charge in [0.1, 0.15) is 5.75 Å². The van der Waals surface area contributed by atoms with E-state index in [1.165, 1.54) is 0 Å². The molecule has 0 heterocycles. The second-order valence-corrected chi connectivity index (χ2v) is 3.56. The topological polar surface area (TPSA) is 46.5 Å². The monoisotopic (exact) mass is 228 g/mol. The molecule has 1 atom stereocenters. The van der Waals surface area contributed by atoms with Crippen LogP contribution in [0.4, 0.5) is 0 Å². The number of hydrogen-bond donors (Lipinski definition) is 1. The van der Waals surface area contributed by atoms with E-state index in [1.807, 2.05) is 13.0 Å². The minimum absolute atomic E-state index is 0.632. The van der Waals surface area contributed by atoms with Crippen LogP contribution >= 0.6 is 11.6 Å². The van der Waals surface area contributed by atoms with Crippen LogP contribution in [0.15, 0.2) is 18.2 Å². The van der Waals surface area contributed by atoms with E-state index in [-0.39, 0.29) is 0 Å². The number of aliphatic carboxylic acids is 1. The molecule has 1 aromatic carbocycles. The van der Waals surface area contributed by atoms with Gasteiger partial charge in [0.25, 0.3) is 0 Å². The Hall–Kier alpha value is -1.22. The fraction of sp³-hybridized carbons (Fsp3) is 0.364. The van der Waals surface area contributed by atoms with Gasteiger partial charge in [-0.3, -0.25) is 4.79 Å². The Morgan fingerprint density at radius 2 is 2.27 bits per heavy atom. The molecule has 1 aromatic rings. The highest BCUT2D eigenvalue weighted by Crippen LogP contribution is 2.27. The highest BCUT2D eigenvalue weighted by atomic mass is 35.5. The Kier molecular flexibility index (Phi) is 3.97. The Labute approximate surface area is 93.6 Å².